The maximum absolute atomic E-state index is 12.8. The summed E-state index contributed by atoms with van der Waals surface area (Å²) < 4.78 is 1.81. The van der Waals surface area contributed by atoms with Gasteiger partial charge in [0.1, 0.15) is 0 Å². The van der Waals surface area contributed by atoms with Crippen molar-refractivity contribution in [3.63, 3.8) is 0 Å². The van der Waals surface area contributed by atoms with Gasteiger partial charge in [-0.25, -0.2) is 19.6 Å². The summed E-state index contributed by atoms with van der Waals surface area (Å²) in [5, 5.41) is 10.2. The molecule has 0 saturated carbocycles. The Morgan fingerprint density at radius 2 is 1.82 bits per heavy atom. The first kappa shape index (κ1) is 25.1. The highest BCUT2D eigenvalue weighted by Crippen LogP contribution is 2.37. The van der Waals surface area contributed by atoms with Gasteiger partial charge in [-0.1, -0.05) is 26.8 Å². The van der Waals surface area contributed by atoms with Gasteiger partial charge < -0.3 is 19.6 Å². The van der Waals surface area contributed by atoms with Gasteiger partial charge in [0, 0.05) is 13.1 Å². The largest absolute Gasteiger partial charge is 0.465 e. The second-order valence-electron chi connectivity index (χ2n) is 10.7. The van der Waals surface area contributed by atoms with Crippen LogP contribution in [-0.4, -0.2) is 52.1 Å². The lowest BCUT2D eigenvalue weighted by atomic mass is 9.85. The van der Waals surface area contributed by atoms with Gasteiger partial charge in [-0.05, 0) is 60.2 Å². The summed E-state index contributed by atoms with van der Waals surface area (Å²) in [6, 6.07) is 8.92. The van der Waals surface area contributed by atoms with E-state index >= 15 is 0 Å². The number of H-pyrrole nitrogens is 2. The average molecular weight is 516 g/mol. The lowest BCUT2D eigenvalue weighted by molar-refractivity contribution is 0.115. The van der Waals surface area contributed by atoms with Crippen molar-refractivity contribution >= 4 is 28.2 Å². The zero-order chi connectivity index (χ0) is 27.4. The third-order valence-corrected chi connectivity index (χ3v) is 7.00. The predicted octanol–water partition coefficient (Wildman–Crippen LogP) is 3.85. The Balaban J connectivity index is 1.70. The van der Waals surface area contributed by atoms with E-state index in [2.05, 4.69) is 24.9 Å². The number of hydrogen-bond acceptors (Lipinski definition) is 6. The van der Waals surface area contributed by atoms with Gasteiger partial charge >= 0.3 is 11.8 Å². The second-order valence-corrected chi connectivity index (χ2v) is 10.7. The van der Waals surface area contributed by atoms with E-state index in [4.69, 9.17) is 0 Å². The van der Waals surface area contributed by atoms with Crippen LogP contribution in [0.4, 0.5) is 4.79 Å². The molecule has 3 N–H and O–H groups in total. The molecule has 38 heavy (non-hydrogen) atoms. The molecule has 0 aliphatic carbocycles. The lowest BCUT2D eigenvalue weighted by Crippen LogP contribution is -2.41. The van der Waals surface area contributed by atoms with Crippen molar-refractivity contribution in [2.45, 2.75) is 47.2 Å². The summed E-state index contributed by atoms with van der Waals surface area (Å²) in [5.74, 6) is 0.123. The Morgan fingerprint density at radius 1 is 1.08 bits per heavy atom. The second kappa shape index (κ2) is 9.09. The molecule has 2 aliphatic rings. The Bertz CT molecular complexity index is 1780. The first-order chi connectivity index (χ1) is 17.9. The summed E-state index contributed by atoms with van der Waals surface area (Å²) in [5.41, 5.74) is 3.73. The first-order valence-electron chi connectivity index (χ1n) is 12.3. The monoisotopic (exact) mass is 515 g/mol. The van der Waals surface area contributed by atoms with Gasteiger partial charge in [0.15, 0.2) is 11.5 Å². The Labute approximate surface area is 217 Å². The van der Waals surface area contributed by atoms with Crippen LogP contribution in [0.5, 0.6) is 0 Å². The number of aryl methyl sites for hydroxylation is 2. The van der Waals surface area contributed by atoms with Crippen LogP contribution in [0.25, 0.3) is 33.6 Å². The lowest BCUT2D eigenvalue weighted by Gasteiger charge is -2.38. The number of nitrogens with one attached hydrogen (secondary N) is 2. The molecule has 0 spiro atoms. The van der Waals surface area contributed by atoms with Crippen LogP contribution in [0.3, 0.4) is 0 Å². The Kier molecular flexibility index (Phi) is 6.01. The molecule has 5 rings (SSSR count). The molecule has 2 aliphatic heterocycles. The van der Waals surface area contributed by atoms with Gasteiger partial charge in [-0.2, -0.15) is 4.98 Å². The van der Waals surface area contributed by atoms with Gasteiger partial charge in [-0.15, -0.1) is 0 Å². The molecule has 2 aromatic carbocycles. The van der Waals surface area contributed by atoms with E-state index in [1.807, 2.05) is 69.5 Å². The van der Waals surface area contributed by atoms with Crippen LogP contribution in [0.15, 0.2) is 46.2 Å². The molecule has 1 atom stereocenters. The molecule has 0 fully saturated rings. The van der Waals surface area contributed by atoms with Gasteiger partial charge in [0.05, 0.1) is 34.4 Å². The summed E-state index contributed by atoms with van der Waals surface area (Å²) in [4.78, 5) is 57.2. The van der Waals surface area contributed by atoms with Crippen molar-refractivity contribution in [1.29, 1.82) is 0 Å². The van der Waals surface area contributed by atoms with Crippen LogP contribution in [0.2, 0.25) is 0 Å². The maximum atomic E-state index is 12.8. The van der Waals surface area contributed by atoms with Crippen molar-refractivity contribution in [2.24, 2.45) is 5.41 Å². The molecular formula is C27H29N7O4. The maximum Gasteiger partial charge on any atom is 0.407 e. The van der Waals surface area contributed by atoms with E-state index < -0.39 is 28.8 Å². The SMILES string of the molecule is Cc1cc2nc3c(=O)[nH]c(=O)nc-3n(C(CN(Cc3ccc4[nH]cnc4c3)C(=O)O)C(C)(C)C)c2cc1C. The third-order valence-electron chi connectivity index (χ3n) is 7.00. The number of carbonyl (C=O) groups is 1. The normalized spacial score (nSPS) is 12.9. The molecule has 196 valence electrons. The average Bonchev–Trinajstić information content (AvgIpc) is 3.29. The highest BCUT2D eigenvalue weighted by Gasteiger charge is 2.34. The minimum Gasteiger partial charge on any atom is -0.465 e. The minimum absolute atomic E-state index is 0.0282. The van der Waals surface area contributed by atoms with E-state index in [0.29, 0.717) is 11.0 Å². The smallest absolute Gasteiger partial charge is 0.407 e. The zero-order valence-electron chi connectivity index (χ0n) is 21.9. The molecule has 0 radical (unpaired) electrons. The molecular weight excluding hydrogens is 486 g/mol. The molecule has 1 unspecified atom stereocenters. The summed E-state index contributed by atoms with van der Waals surface area (Å²) in [6.07, 6.45) is 0.505. The van der Waals surface area contributed by atoms with Crippen molar-refractivity contribution in [2.75, 3.05) is 6.54 Å². The predicted molar refractivity (Wildman–Crippen MR) is 144 cm³/mol. The van der Waals surface area contributed by atoms with E-state index in [9.17, 15) is 19.5 Å². The summed E-state index contributed by atoms with van der Waals surface area (Å²) >= 11 is 0. The molecule has 11 nitrogen and oxygen atoms in total. The third kappa shape index (κ3) is 4.51. The number of aromatic nitrogens is 6. The molecule has 3 heterocycles. The Morgan fingerprint density at radius 3 is 2.53 bits per heavy atom. The van der Waals surface area contributed by atoms with Crippen molar-refractivity contribution in [1.82, 2.24) is 34.4 Å². The minimum atomic E-state index is -1.09. The number of fused-ring (bicyclic) bond motifs is 3. The Hall–Kier alpha value is -4.54. The van der Waals surface area contributed by atoms with Crippen molar-refractivity contribution < 1.29 is 9.90 Å². The van der Waals surface area contributed by atoms with Crippen molar-refractivity contribution in [3.8, 4) is 11.5 Å². The van der Waals surface area contributed by atoms with Crippen LogP contribution in [-0.2, 0) is 6.54 Å². The molecule has 3 aromatic rings. The molecule has 0 saturated heterocycles. The van der Waals surface area contributed by atoms with Crippen LogP contribution >= 0.6 is 0 Å². The number of imidazole rings is 1. The van der Waals surface area contributed by atoms with Crippen LogP contribution in [0.1, 0.15) is 43.5 Å². The fourth-order valence-corrected chi connectivity index (χ4v) is 4.78. The zero-order valence-corrected chi connectivity index (χ0v) is 21.9. The number of amides is 1. The molecule has 1 aromatic heterocycles. The highest BCUT2D eigenvalue weighted by atomic mass is 16.4. The summed E-state index contributed by atoms with van der Waals surface area (Å²) in [7, 11) is 0. The number of rotatable bonds is 5. The molecule has 11 heteroatoms. The quantitative estimate of drug-likeness (QED) is 0.301. The van der Waals surface area contributed by atoms with E-state index in [1.165, 1.54) is 4.90 Å². The van der Waals surface area contributed by atoms with E-state index in [1.54, 1.807) is 6.33 Å². The van der Waals surface area contributed by atoms with Gasteiger partial charge in [-0.3, -0.25) is 9.78 Å². The number of hydrogen-bond donors (Lipinski definition) is 3. The van der Waals surface area contributed by atoms with Crippen molar-refractivity contribution in [3.05, 3.63) is 74.2 Å². The van der Waals surface area contributed by atoms with E-state index in [-0.39, 0.29) is 24.6 Å². The van der Waals surface area contributed by atoms with E-state index in [0.717, 1.165) is 27.7 Å². The van der Waals surface area contributed by atoms with Gasteiger partial charge in [0.25, 0.3) is 5.56 Å². The van der Waals surface area contributed by atoms with Crippen LogP contribution < -0.4 is 11.2 Å². The topological polar surface area (TPSA) is 150 Å². The first-order valence-corrected chi connectivity index (χ1v) is 12.3. The number of carboxylic acid groups (broad SMARTS) is 1. The number of benzene rings is 2. The van der Waals surface area contributed by atoms with Gasteiger partial charge in [0.2, 0.25) is 0 Å². The number of aromatic amines is 2. The number of nitrogens with zero attached hydrogens (tertiary/aromatic N) is 5. The summed E-state index contributed by atoms with van der Waals surface area (Å²) in [6.45, 7) is 10.1. The molecule has 0 bridgehead atoms. The fraction of sp³-hybridized carbons (Fsp3) is 0.333. The highest BCUT2D eigenvalue weighted by molar-refractivity contribution is 5.81. The van der Waals surface area contributed by atoms with Crippen LogP contribution in [0, 0.1) is 19.3 Å². The molecule has 1 amide bonds. The fourth-order valence-electron chi connectivity index (χ4n) is 4.78. The standard InChI is InChI=1S/C27H29N7O4/c1-14-8-19-20(9-15(14)2)34(23-22(30-19)24(35)32-25(36)31-23)21(27(3,4)5)12-33(26(37)38)11-16-6-7-17-18(10-16)29-13-28-17/h6-10,13,21H,11-12H2,1-5H3,(H,28,29)(H,37,38)(H,32,35,36).